The van der Waals surface area contributed by atoms with Crippen molar-refractivity contribution >= 4 is 11.3 Å². The fourth-order valence-corrected chi connectivity index (χ4v) is 3.83. The zero-order valence-electron chi connectivity index (χ0n) is 9.69. The third kappa shape index (κ3) is 2.31. The van der Waals surface area contributed by atoms with Gasteiger partial charge in [0.2, 0.25) is 0 Å². The first-order chi connectivity index (χ1) is 7.92. The standard InChI is InChI=1S/C13H20N2S/c1-3-11-9-15(7-5-13(11)14-6-1)10-12-4-2-8-16-12/h2,4,8,11,13-14H,1,3,5-7,9-10H2/t11-,13-/m0/s1. The van der Waals surface area contributed by atoms with Crippen molar-refractivity contribution in [2.45, 2.75) is 31.8 Å². The summed E-state index contributed by atoms with van der Waals surface area (Å²) in [6, 6.07) is 5.23. The number of rotatable bonds is 2. The molecule has 0 saturated carbocycles. The van der Waals surface area contributed by atoms with E-state index in [0.29, 0.717) is 0 Å². The van der Waals surface area contributed by atoms with Gasteiger partial charge >= 0.3 is 0 Å². The highest BCUT2D eigenvalue weighted by atomic mass is 32.1. The van der Waals surface area contributed by atoms with Crippen LogP contribution in [0.4, 0.5) is 0 Å². The lowest BCUT2D eigenvalue weighted by molar-refractivity contribution is 0.110. The van der Waals surface area contributed by atoms with Gasteiger partial charge in [-0.05, 0) is 43.2 Å². The molecule has 2 atom stereocenters. The minimum absolute atomic E-state index is 0.813. The molecule has 2 saturated heterocycles. The normalized spacial score (nSPS) is 31.2. The average molecular weight is 236 g/mol. The van der Waals surface area contributed by atoms with Crippen LogP contribution in [0.2, 0.25) is 0 Å². The number of nitrogens with one attached hydrogen (secondary N) is 1. The third-order valence-corrected chi connectivity index (χ3v) is 4.80. The van der Waals surface area contributed by atoms with Gasteiger partial charge in [0.25, 0.3) is 0 Å². The van der Waals surface area contributed by atoms with Gasteiger partial charge in [-0.25, -0.2) is 0 Å². The fourth-order valence-electron chi connectivity index (χ4n) is 3.09. The summed E-state index contributed by atoms with van der Waals surface area (Å²) in [5.74, 6) is 0.905. The van der Waals surface area contributed by atoms with Crippen molar-refractivity contribution in [3.63, 3.8) is 0 Å². The van der Waals surface area contributed by atoms with Crippen LogP contribution in [0.5, 0.6) is 0 Å². The van der Waals surface area contributed by atoms with Crippen molar-refractivity contribution in [3.8, 4) is 0 Å². The van der Waals surface area contributed by atoms with Crippen molar-refractivity contribution < 1.29 is 0 Å². The molecular formula is C13H20N2S. The van der Waals surface area contributed by atoms with Crippen LogP contribution >= 0.6 is 11.3 Å². The van der Waals surface area contributed by atoms with Gasteiger partial charge in [-0.15, -0.1) is 11.3 Å². The van der Waals surface area contributed by atoms with Gasteiger partial charge in [0.1, 0.15) is 0 Å². The SMILES string of the molecule is c1csc(CN2CC[C@@H]3NCCC[C@H]3C2)c1. The first-order valence-electron chi connectivity index (χ1n) is 6.40. The van der Waals surface area contributed by atoms with Gasteiger partial charge in [-0.2, -0.15) is 0 Å². The summed E-state index contributed by atoms with van der Waals surface area (Å²) in [6.07, 6.45) is 4.14. The van der Waals surface area contributed by atoms with E-state index in [1.165, 1.54) is 50.3 Å². The van der Waals surface area contributed by atoms with E-state index in [1.807, 2.05) is 11.3 Å². The van der Waals surface area contributed by atoms with E-state index in [-0.39, 0.29) is 0 Å². The Bertz CT molecular complexity index is 323. The van der Waals surface area contributed by atoms with E-state index >= 15 is 0 Å². The van der Waals surface area contributed by atoms with Gasteiger partial charge in [-0.3, -0.25) is 4.90 Å². The van der Waals surface area contributed by atoms with E-state index in [2.05, 4.69) is 27.7 Å². The molecule has 3 heteroatoms. The molecule has 2 fully saturated rings. The minimum Gasteiger partial charge on any atom is -0.314 e. The Morgan fingerprint density at radius 3 is 3.31 bits per heavy atom. The van der Waals surface area contributed by atoms with Crippen LogP contribution in [0.3, 0.4) is 0 Å². The highest BCUT2D eigenvalue weighted by Gasteiger charge is 2.30. The molecule has 0 radical (unpaired) electrons. The monoisotopic (exact) mass is 236 g/mol. The van der Waals surface area contributed by atoms with Crippen LogP contribution in [0.15, 0.2) is 17.5 Å². The topological polar surface area (TPSA) is 15.3 Å². The molecule has 0 amide bonds. The molecule has 3 heterocycles. The quantitative estimate of drug-likeness (QED) is 0.848. The average Bonchev–Trinajstić information content (AvgIpc) is 2.82. The third-order valence-electron chi connectivity index (χ3n) is 3.94. The van der Waals surface area contributed by atoms with Gasteiger partial charge in [0.15, 0.2) is 0 Å². The van der Waals surface area contributed by atoms with Crippen LogP contribution in [-0.4, -0.2) is 30.6 Å². The van der Waals surface area contributed by atoms with Crippen molar-refractivity contribution in [1.29, 1.82) is 0 Å². The summed E-state index contributed by atoms with van der Waals surface area (Å²) in [4.78, 5) is 4.15. The first kappa shape index (κ1) is 10.8. The summed E-state index contributed by atoms with van der Waals surface area (Å²) < 4.78 is 0. The lowest BCUT2D eigenvalue weighted by Crippen LogP contribution is -2.51. The van der Waals surface area contributed by atoms with Crippen LogP contribution in [0.25, 0.3) is 0 Å². The molecule has 1 N–H and O–H groups in total. The molecule has 3 rings (SSSR count). The molecule has 0 aromatic carbocycles. The second-order valence-corrected chi connectivity index (χ2v) is 6.10. The van der Waals surface area contributed by atoms with Crippen molar-refractivity contribution in [2.24, 2.45) is 5.92 Å². The number of fused-ring (bicyclic) bond motifs is 1. The minimum atomic E-state index is 0.813. The number of piperidine rings is 2. The molecule has 1 aromatic rings. The Kier molecular flexibility index (Phi) is 3.27. The fraction of sp³-hybridized carbons (Fsp3) is 0.692. The number of likely N-dealkylation sites (tertiary alicyclic amines) is 1. The summed E-state index contributed by atoms with van der Waals surface area (Å²) in [6.45, 7) is 4.98. The van der Waals surface area contributed by atoms with Crippen molar-refractivity contribution in [3.05, 3.63) is 22.4 Å². The van der Waals surface area contributed by atoms with Crippen LogP contribution in [0, 0.1) is 5.92 Å². The van der Waals surface area contributed by atoms with E-state index < -0.39 is 0 Å². The maximum atomic E-state index is 3.68. The Morgan fingerprint density at radius 1 is 1.44 bits per heavy atom. The molecular weight excluding hydrogens is 216 g/mol. The number of hydrogen-bond donors (Lipinski definition) is 1. The van der Waals surface area contributed by atoms with E-state index in [0.717, 1.165) is 12.0 Å². The summed E-state index contributed by atoms with van der Waals surface area (Å²) >= 11 is 1.89. The molecule has 1 aromatic heterocycles. The van der Waals surface area contributed by atoms with Crippen LogP contribution in [0.1, 0.15) is 24.1 Å². The predicted molar refractivity (Wildman–Crippen MR) is 68.7 cm³/mol. The second kappa shape index (κ2) is 4.86. The zero-order chi connectivity index (χ0) is 10.8. The molecule has 0 spiro atoms. The Labute approximate surface area is 102 Å². The molecule has 2 nitrogen and oxygen atoms in total. The lowest BCUT2D eigenvalue weighted by Gasteiger charge is -2.41. The molecule has 88 valence electrons. The maximum Gasteiger partial charge on any atom is 0.0328 e. The smallest absolute Gasteiger partial charge is 0.0328 e. The highest BCUT2D eigenvalue weighted by molar-refractivity contribution is 7.09. The largest absolute Gasteiger partial charge is 0.314 e. The number of nitrogens with zero attached hydrogens (tertiary/aromatic N) is 1. The van der Waals surface area contributed by atoms with Crippen LogP contribution in [-0.2, 0) is 6.54 Å². The molecule has 0 aliphatic carbocycles. The van der Waals surface area contributed by atoms with Gasteiger partial charge in [0, 0.05) is 30.6 Å². The van der Waals surface area contributed by atoms with Gasteiger partial charge < -0.3 is 5.32 Å². The number of hydrogen-bond acceptors (Lipinski definition) is 3. The van der Waals surface area contributed by atoms with Crippen LogP contribution < -0.4 is 5.32 Å². The molecule has 0 unspecified atom stereocenters. The van der Waals surface area contributed by atoms with Crippen molar-refractivity contribution in [2.75, 3.05) is 19.6 Å². The van der Waals surface area contributed by atoms with E-state index in [1.54, 1.807) is 0 Å². The Hall–Kier alpha value is -0.380. The molecule has 0 bridgehead atoms. The molecule has 16 heavy (non-hydrogen) atoms. The first-order valence-corrected chi connectivity index (χ1v) is 7.28. The molecule has 2 aliphatic rings. The summed E-state index contributed by atoms with van der Waals surface area (Å²) in [5.41, 5.74) is 0. The summed E-state index contributed by atoms with van der Waals surface area (Å²) in [7, 11) is 0. The van der Waals surface area contributed by atoms with E-state index in [9.17, 15) is 0 Å². The zero-order valence-corrected chi connectivity index (χ0v) is 10.5. The van der Waals surface area contributed by atoms with E-state index in [4.69, 9.17) is 0 Å². The summed E-state index contributed by atoms with van der Waals surface area (Å²) in [5, 5.41) is 5.86. The predicted octanol–water partition coefficient (Wildman–Crippen LogP) is 2.32. The lowest BCUT2D eigenvalue weighted by atomic mass is 9.85. The highest BCUT2D eigenvalue weighted by Crippen LogP contribution is 2.26. The second-order valence-electron chi connectivity index (χ2n) is 5.07. The van der Waals surface area contributed by atoms with Gasteiger partial charge in [-0.1, -0.05) is 6.07 Å². The molecule has 2 aliphatic heterocycles. The maximum absolute atomic E-state index is 3.68. The Morgan fingerprint density at radius 2 is 2.44 bits per heavy atom. The Balaban J connectivity index is 1.58. The van der Waals surface area contributed by atoms with Gasteiger partial charge in [0.05, 0.1) is 0 Å². The van der Waals surface area contributed by atoms with Crippen molar-refractivity contribution in [1.82, 2.24) is 10.2 Å². The number of thiophene rings is 1.